The molecule has 0 aliphatic carbocycles. The van der Waals surface area contributed by atoms with Gasteiger partial charge >= 0.3 is 0 Å². The molecule has 2 nitrogen and oxygen atoms in total. The smallest absolute Gasteiger partial charge is 0.123 e. The minimum atomic E-state index is -0.0380. The number of unbranched alkanes of at least 4 members (excludes halogenated alkanes) is 5. The molecule has 0 N–H and O–H groups in total. The maximum Gasteiger partial charge on any atom is 0.123 e. The van der Waals surface area contributed by atoms with Gasteiger partial charge in [-0.1, -0.05) is 50.5 Å². The van der Waals surface area contributed by atoms with E-state index in [4.69, 9.17) is 9.47 Å². The molecule has 1 saturated heterocycles. The van der Waals surface area contributed by atoms with Crippen molar-refractivity contribution in [1.29, 1.82) is 0 Å². The molecule has 2 rings (SSSR count). The molecule has 1 aliphatic heterocycles. The van der Waals surface area contributed by atoms with Crippen molar-refractivity contribution in [2.75, 3.05) is 13.2 Å². The number of hydrogen-bond donors (Lipinski definition) is 0. The minimum Gasteiger partial charge on any atom is -0.491 e. The SMILES string of the molecule is CCCC/C=C/CCCCCc1ccc(OCC2(C)CO2)cc1. The number of benzene rings is 1. The summed E-state index contributed by atoms with van der Waals surface area (Å²) in [5.41, 5.74) is 1.37. The maximum atomic E-state index is 5.75. The van der Waals surface area contributed by atoms with E-state index < -0.39 is 0 Å². The third-order valence-corrected chi connectivity index (χ3v) is 4.33. The van der Waals surface area contributed by atoms with Crippen LogP contribution in [0.1, 0.15) is 64.4 Å². The first kappa shape index (κ1) is 18.1. The Morgan fingerprint density at radius 2 is 1.74 bits per heavy atom. The van der Waals surface area contributed by atoms with Crippen LogP contribution in [-0.4, -0.2) is 18.8 Å². The molecule has 1 aromatic rings. The van der Waals surface area contributed by atoms with E-state index in [1.54, 1.807) is 0 Å². The van der Waals surface area contributed by atoms with Gasteiger partial charge in [0.25, 0.3) is 0 Å². The summed E-state index contributed by atoms with van der Waals surface area (Å²) in [6, 6.07) is 8.54. The molecule has 1 aliphatic rings. The zero-order valence-corrected chi connectivity index (χ0v) is 14.9. The Morgan fingerprint density at radius 1 is 1.04 bits per heavy atom. The highest BCUT2D eigenvalue weighted by atomic mass is 16.6. The highest BCUT2D eigenvalue weighted by Gasteiger charge is 2.40. The standard InChI is InChI=1S/C21H32O2/c1-3-4-5-6-7-8-9-10-11-12-19-13-15-20(16-14-19)22-17-21(2)18-23-21/h6-7,13-16H,3-5,8-12,17-18H2,1-2H3/b7-6+. The van der Waals surface area contributed by atoms with Crippen molar-refractivity contribution in [2.24, 2.45) is 0 Å². The number of aryl methyl sites for hydroxylation is 1. The predicted octanol–water partition coefficient (Wildman–Crippen LogP) is 5.70. The topological polar surface area (TPSA) is 21.8 Å². The quantitative estimate of drug-likeness (QED) is 0.280. The van der Waals surface area contributed by atoms with Crippen molar-refractivity contribution >= 4 is 0 Å². The lowest BCUT2D eigenvalue weighted by Crippen LogP contribution is -2.16. The number of allylic oxidation sites excluding steroid dienone is 2. The third kappa shape index (κ3) is 7.69. The molecular formula is C21H32O2. The fraction of sp³-hybridized carbons (Fsp3) is 0.619. The molecule has 1 aromatic carbocycles. The predicted molar refractivity (Wildman–Crippen MR) is 97.1 cm³/mol. The highest BCUT2D eigenvalue weighted by Crippen LogP contribution is 2.27. The fourth-order valence-electron chi connectivity index (χ4n) is 2.52. The summed E-state index contributed by atoms with van der Waals surface area (Å²) in [5.74, 6) is 0.947. The van der Waals surface area contributed by atoms with Crippen LogP contribution in [0.15, 0.2) is 36.4 Å². The second-order valence-electron chi connectivity index (χ2n) is 6.88. The van der Waals surface area contributed by atoms with Gasteiger partial charge in [0.15, 0.2) is 0 Å². The lowest BCUT2D eigenvalue weighted by atomic mass is 10.1. The van der Waals surface area contributed by atoms with Crippen LogP contribution in [0.25, 0.3) is 0 Å². The zero-order valence-electron chi connectivity index (χ0n) is 14.9. The van der Waals surface area contributed by atoms with Gasteiger partial charge in [0, 0.05) is 0 Å². The van der Waals surface area contributed by atoms with E-state index in [-0.39, 0.29) is 5.60 Å². The van der Waals surface area contributed by atoms with Gasteiger partial charge < -0.3 is 9.47 Å². The van der Waals surface area contributed by atoms with Gasteiger partial charge in [0.05, 0.1) is 6.61 Å². The van der Waals surface area contributed by atoms with Crippen molar-refractivity contribution < 1.29 is 9.47 Å². The first-order chi connectivity index (χ1) is 11.2. The van der Waals surface area contributed by atoms with E-state index >= 15 is 0 Å². The van der Waals surface area contributed by atoms with Crippen LogP contribution in [0.4, 0.5) is 0 Å². The second kappa shape index (κ2) is 9.77. The molecule has 1 atom stereocenters. The van der Waals surface area contributed by atoms with E-state index in [1.165, 1.54) is 56.9 Å². The van der Waals surface area contributed by atoms with E-state index in [0.717, 1.165) is 12.4 Å². The maximum absolute atomic E-state index is 5.75. The van der Waals surface area contributed by atoms with Gasteiger partial charge in [-0.2, -0.15) is 0 Å². The first-order valence-corrected chi connectivity index (χ1v) is 9.22. The van der Waals surface area contributed by atoms with Crippen molar-refractivity contribution in [2.45, 2.75) is 70.8 Å². The lowest BCUT2D eigenvalue weighted by Gasteiger charge is -2.09. The average molecular weight is 316 g/mol. The second-order valence-corrected chi connectivity index (χ2v) is 6.88. The summed E-state index contributed by atoms with van der Waals surface area (Å²) >= 11 is 0. The Bertz CT molecular complexity index is 457. The fourth-order valence-corrected chi connectivity index (χ4v) is 2.52. The van der Waals surface area contributed by atoms with Crippen molar-refractivity contribution in [1.82, 2.24) is 0 Å². The molecule has 0 saturated carbocycles. The van der Waals surface area contributed by atoms with Gasteiger partial charge in [-0.05, 0) is 56.7 Å². The van der Waals surface area contributed by atoms with Crippen LogP contribution < -0.4 is 4.74 Å². The number of rotatable bonds is 12. The highest BCUT2D eigenvalue weighted by molar-refractivity contribution is 5.27. The Kier molecular flexibility index (Phi) is 7.67. The molecule has 0 aromatic heterocycles. The van der Waals surface area contributed by atoms with E-state index in [1.807, 2.05) is 0 Å². The van der Waals surface area contributed by atoms with Crippen LogP contribution in [0.3, 0.4) is 0 Å². The normalized spacial score (nSPS) is 20.1. The molecular weight excluding hydrogens is 284 g/mol. The summed E-state index contributed by atoms with van der Waals surface area (Å²) in [5, 5.41) is 0. The summed E-state index contributed by atoms with van der Waals surface area (Å²) in [6.45, 7) is 5.80. The summed E-state index contributed by atoms with van der Waals surface area (Å²) in [6.07, 6.45) is 14.8. The largest absolute Gasteiger partial charge is 0.491 e. The van der Waals surface area contributed by atoms with Crippen LogP contribution >= 0.6 is 0 Å². The summed E-state index contributed by atoms with van der Waals surface area (Å²) in [4.78, 5) is 0. The van der Waals surface area contributed by atoms with Gasteiger partial charge in [-0.25, -0.2) is 0 Å². The van der Waals surface area contributed by atoms with Gasteiger partial charge in [-0.3, -0.25) is 0 Å². The van der Waals surface area contributed by atoms with E-state index in [2.05, 4.69) is 50.3 Å². The number of hydrogen-bond acceptors (Lipinski definition) is 2. The van der Waals surface area contributed by atoms with E-state index in [9.17, 15) is 0 Å². The molecule has 128 valence electrons. The van der Waals surface area contributed by atoms with Gasteiger partial charge in [-0.15, -0.1) is 0 Å². The Hall–Kier alpha value is -1.28. The van der Waals surface area contributed by atoms with Crippen molar-refractivity contribution in [3.8, 4) is 5.75 Å². The number of epoxide rings is 1. The Balaban J connectivity index is 1.52. The van der Waals surface area contributed by atoms with Crippen LogP contribution in [0, 0.1) is 0 Å². The van der Waals surface area contributed by atoms with E-state index in [0.29, 0.717) is 6.61 Å². The van der Waals surface area contributed by atoms with Gasteiger partial charge in [0.2, 0.25) is 0 Å². The monoisotopic (exact) mass is 316 g/mol. The molecule has 2 heteroatoms. The van der Waals surface area contributed by atoms with Crippen LogP contribution in [0.2, 0.25) is 0 Å². The zero-order chi connectivity index (χ0) is 16.4. The van der Waals surface area contributed by atoms with Gasteiger partial charge in [0.1, 0.15) is 18.0 Å². The molecule has 0 spiro atoms. The first-order valence-electron chi connectivity index (χ1n) is 9.22. The molecule has 0 radical (unpaired) electrons. The Labute approximate surface area is 141 Å². The van der Waals surface area contributed by atoms with Crippen LogP contribution in [-0.2, 0) is 11.2 Å². The molecule has 23 heavy (non-hydrogen) atoms. The summed E-state index contributed by atoms with van der Waals surface area (Å²) < 4.78 is 11.1. The third-order valence-electron chi connectivity index (χ3n) is 4.33. The molecule has 1 heterocycles. The Morgan fingerprint density at radius 3 is 2.39 bits per heavy atom. The van der Waals surface area contributed by atoms with Crippen molar-refractivity contribution in [3.05, 3.63) is 42.0 Å². The number of ether oxygens (including phenoxy) is 2. The van der Waals surface area contributed by atoms with Crippen LogP contribution in [0.5, 0.6) is 5.75 Å². The minimum absolute atomic E-state index is 0.0380. The molecule has 1 unspecified atom stereocenters. The molecule has 0 bridgehead atoms. The van der Waals surface area contributed by atoms with Crippen molar-refractivity contribution in [3.63, 3.8) is 0 Å². The lowest BCUT2D eigenvalue weighted by molar-refractivity contribution is 0.202. The summed E-state index contributed by atoms with van der Waals surface area (Å²) in [7, 11) is 0. The molecule has 1 fully saturated rings. The molecule has 0 amide bonds. The average Bonchev–Trinajstić information content (AvgIpc) is 3.30.